The third-order valence-corrected chi connectivity index (χ3v) is 6.46. The molecule has 29 heavy (non-hydrogen) atoms. The van der Waals surface area contributed by atoms with Crippen molar-refractivity contribution in [1.82, 2.24) is 10.2 Å². The summed E-state index contributed by atoms with van der Waals surface area (Å²) in [4.78, 5) is 11.3. The van der Waals surface area contributed by atoms with Crippen molar-refractivity contribution in [3.05, 3.63) is 29.5 Å². The number of methoxy groups -OCH3 is 2. The van der Waals surface area contributed by atoms with E-state index in [1.54, 1.807) is 6.07 Å². The van der Waals surface area contributed by atoms with E-state index in [4.69, 9.17) is 9.47 Å². The van der Waals surface area contributed by atoms with Crippen LogP contribution in [0.25, 0.3) is 0 Å². The van der Waals surface area contributed by atoms with E-state index in [1.165, 1.54) is 33.1 Å². The zero-order valence-corrected chi connectivity index (χ0v) is 17.2. The Balaban J connectivity index is 1.88. The molecule has 1 aromatic heterocycles. The fraction of sp³-hybridized carbons (Fsp3) is 0.474. The van der Waals surface area contributed by atoms with Crippen LogP contribution >= 0.6 is 0 Å². The largest absolute Gasteiger partial charge is 0.493 e. The van der Waals surface area contributed by atoms with E-state index in [9.17, 15) is 18.3 Å². The summed E-state index contributed by atoms with van der Waals surface area (Å²) in [6.45, 7) is 0. The number of hydrogen-bond acceptors (Lipinski definition) is 6. The van der Waals surface area contributed by atoms with Gasteiger partial charge in [0.2, 0.25) is 0 Å². The van der Waals surface area contributed by atoms with Gasteiger partial charge in [0.15, 0.2) is 17.3 Å². The van der Waals surface area contributed by atoms with Gasteiger partial charge in [0.05, 0.1) is 19.1 Å². The van der Waals surface area contributed by atoms with Crippen molar-refractivity contribution in [3.8, 4) is 11.5 Å². The number of sulfonamides is 1. The summed E-state index contributed by atoms with van der Waals surface area (Å²) in [5.41, 5.74) is 0.594. The van der Waals surface area contributed by atoms with Gasteiger partial charge in [0, 0.05) is 23.7 Å². The molecule has 2 aromatic rings. The molecule has 0 unspecified atom stereocenters. The van der Waals surface area contributed by atoms with E-state index in [-0.39, 0.29) is 27.8 Å². The third kappa shape index (κ3) is 4.64. The van der Waals surface area contributed by atoms with Crippen LogP contribution in [0.3, 0.4) is 0 Å². The summed E-state index contributed by atoms with van der Waals surface area (Å²) in [5.74, 6) is -0.866. The Hall–Kier alpha value is -2.75. The van der Waals surface area contributed by atoms with Crippen LogP contribution in [0.2, 0.25) is 0 Å². The summed E-state index contributed by atoms with van der Waals surface area (Å²) in [5, 5.41) is 16.4. The molecule has 1 saturated carbocycles. The number of nitrogens with zero attached hydrogens (tertiary/aromatic N) is 1. The van der Waals surface area contributed by atoms with Crippen molar-refractivity contribution in [2.75, 3.05) is 18.9 Å². The van der Waals surface area contributed by atoms with E-state index in [1.807, 2.05) is 0 Å². The van der Waals surface area contributed by atoms with Gasteiger partial charge in [0.1, 0.15) is 5.56 Å². The Labute approximate surface area is 169 Å². The Kier molecular flexibility index (Phi) is 6.31. The monoisotopic (exact) mass is 423 g/mol. The van der Waals surface area contributed by atoms with E-state index in [0.29, 0.717) is 5.92 Å². The molecule has 0 bridgehead atoms. The van der Waals surface area contributed by atoms with Crippen LogP contribution < -0.4 is 14.2 Å². The third-order valence-electron chi connectivity index (χ3n) is 5.12. The van der Waals surface area contributed by atoms with Gasteiger partial charge in [-0.3, -0.25) is 9.82 Å². The smallest absolute Gasteiger partial charge is 0.339 e. The summed E-state index contributed by atoms with van der Waals surface area (Å²) in [6.07, 6.45) is 6.82. The van der Waals surface area contributed by atoms with Gasteiger partial charge in [-0.05, 0) is 18.9 Å². The Morgan fingerprint density at radius 1 is 1.14 bits per heavy atom. The van der Waals surface area contributed by atoms with E-state index in [0.717, 1.165) is 37.4 Å². The summed E-state index contributed by atoms with van der Waals surface area (Å²) < 4.78 is 38.2. The lowest BCUT2D eigenvalue weighted by atomic mass is 9.97. The normalized spacial score (nSPS) is 15.5. The zero-order chi connectivity index (χ0) is 21.0. The second-order valence-electron chi connectivity index (χ2n) is 7.01. The van der Waals surface area contributed by atoms with Crippen molar-refractivity contribution >= 4 is 21.8 Å². The highest BCUT2D eigenvalue weighted by Crippen LogP contribution is 2.35. The van der Waals surface area contributed by atoms with Gasteiger partial charge >= 0.3 is 5.97 Å². The first-order valence-corrected chi connectivity index (χ1v) is 10.9. The van der Waals surface area contributed by atoms with Gasteiger partial charge in [-0.15, -0.1) is 0 Å². The maximum Gasteiger partial charge on any atom is 0.339 e. The van der Waals surface area contributed by atoms with Crippen molar-refractivity contribution in [3.63, 3.8) is 0 Å². The van der Waals surface area contributed by atoms with Crippen LogP contribution in [-0.2, 0) is 10.0 Å². The number of aromatic nitrogens is 2. The molecule has 9 nitrogen and oxygen atoms in total. The van der Waals surface area contributed by atoms with Crippen molar-refractivity contribution in [1.29, 1.82) is 0 Å². The van der Waals surface area contributed by atoms with Crippen LogP contribution in [0.4, 0.5) is 5.82 Å². The Bertz CT molecular complexity index is 978. The number of rotatable bonds is 7. The second-order valence-corrected chi connectivity index (χ2v) is 8.70. The van der Waals surface area contributed by atoms with Crippen molar-refractivity contribution in [2.45, 2.75) is 49.3 Å². The first kappa shape index (κ1) is 21.0. The predicted molar refractivity (Wildman–Crippen MR) is 106 cm³/mol. The fourth-order valence-corrected chi connectivity index (χ4v) is 4.67. The average Bonchev–Trinajstić information content (AvgIpc) is 2.98. The number of benzene rings is 1. The average molecular weight is 423 g/mol. The molecule has 0 spiro atoms. The quantitative estimate of drug-likeness (QED) is 0.582. The lowest BCUT2D eigenvalue weighted by Crippen LogP contribution is -2.15. The number of nitrogens with one attached hydrogen (secondary N) is 2. The number of carboxylic acids is 1. The second kappa shape index (κ2) is 8.73. The highest BCUT2D eigenvalue weighted by atomic mass is 32.2. The molecule has 1 heterocycles. The number of aromatic amines is 1. The molecule has 3 N–H and O–H groups in total. The number of carbonyl (C=O) groups is 1. The number of carboxylic acid groups (broad SMARTS) is 1. The van der Waals surface area contributed by atoms with Crippen molar-refractivity contribution < 1.29 is 27.8 Å². The molecule has 0 radical (unpaired) electrons. The molecule has 0 saturated heterocycles. The SMILES string of the molecule is COc1cc(S(=O)(=O)Nc2cc(C3CCCCCC3)[nH]n2)cc(C(=O)O)c1OC. The van der Waals surface area contributed by atoms with Crippen LogP contribution in [0.1, 0.15) is 60.5 Å². The number of hydrogen-bond donors (Lipinski definition) is 3. The highest BCUT2D eigenvalue weighted by Gasteiger charge is 2.25. The molecule has 0 amide bonds. The molecule has 3 rings (SSSR count). The minimum absolute atomic E-state index is 0.00828. The van der Waals surface area contributed by atoms with E-state index >= 15 is 0 Å². The highest BCUT2D eigenvalue weighted by molar-refractivity contribution is 7.92. The summed E-state index contributed by atoms with van der Waals surface area (Å²) in [7, 11) is -1.49. The number of ether oxygens (including phenoxy) is 2. The number of H-pyrrole nitrogens is 1. The van der Waals surface area contributed by atoms with Gasteiger partial charge in [0.25, 0.3) is 10.0 Å². The lowest BCUT2D eigenvalue weighted by Gasteiger charge is -2.13. The molecule has 1 aliphatic rings. The fourth-order valence-electron chi connectivity index (χ4n) is 3.64. The summed E-state index contributed by atoms with van der Waals surface area (Å²) >= 11 is 0. The minimum Gasteiger partial charge on any atom is -0.493 e. The lowest BCUT2D eigenvalue weighted by molar-refractivity contribution is 0.0692. The first-order chi connectivity index (χ1) is 13.9. The van der Waals surface area contributed by atoms with Crippen molar-refractivity contribution in [2.24, 2.45) is 0 Å². The Morgan fingerprint density at radius 3 is 2.41 bits per heavy atom. The van der Waals surface area contributed by atoms with Crippen LogP contribution in [0, 0.1) is 0 Å². The first-order valence-electron chi connectivity index (χ1n) is 9.43. The maximum atomic E-state index is 12.8. The predicted octanol–water partition coefficient (Wildman–Crippen LogP) is 3.36. The topological polar surface area (TPSA) is 131 Å². The minimum atomic E-state index is -4.08. The van der Waals surface area contributed by atoms with Crippen LogP contribution in [0.5, 0.6) is 11.5 Å². The molecule has 1 fully saturated rings. The van der Waals surface area contributed by atoms with Gasteiger partial charge < -0.3 is 14.6 Å². The molecular formula is C19H25N3O6S. The van der Waals surface area contributed by atoms with E-state index in [2.05, 4.69) is 14.9 Å². The molecule has 0 atom stereocenters. The molecular weight excluding hydrogens is 398 g/mol. The zero-order valence-electron chi connectivity index (χ0n) is 16.4. The summed E-state index contributed by atoms with van der Waals surface area (Å²) in [6, 6.07) is 3.95. The molecule has 1 aliphatic carbocycles. The maximum absolute atomic E-state index is 12.8. The molecule has 1 aromatic carbocycles. The van der Waals surface area contributed by atoms with E-state index < -0.39 is 16.0 Å². The van der Waals surface area contributed by atoms with Crippen LogP contribution in [-0.4, -0.2) is 43.9 Å². The number of aromatic carboxylic acids is 1. The molecule has 158 valence electrons. The van der Waals surface area contributed by atoms with Gasteiger partial charge in [-0.1, -0.05) is 25.7 Å². The van der Waals surface area contributed by atoms with Crippen LogP contribution in [0.15, 0.2) is 23.1 Å². The molecule has 10 heteroatoms. The van der Waals surface area contributed by atoms with Gasteiger partial charge in [-0.2, -0.15) is 5.10 Å². The molecule has 0 aliphatic heterocycles. The van der Waals surface area contributed by atoms with Gasteiger partial charge in [-0.25, -0.2) is 13.2 Å². The number of anilines is 1. The Morgan fingerprint density at radius 2 is 1.83 bits per heavy atom. The standard InChI is InChI=1S/C19H25N3O6S/c1-27-16-10-13(9-14(19(23)24)18(16)28-2)29(25,26)22-17-11-15(20-21-17)12-7-5-3-4-6-8-12/h9-12H,3-8H2,1-2H3,(H,23,24)(H2,20,21,22).